The van der Waals surface area contributed by atoms with Crippen LogP contribution in [0.5, 0.6) is 0 Å². The van der Waals surface area contributed by atoms with E-state index in [4.69, 9.17) is 27.9 Å². The first-order valence-corrected chi connectivity index (χ1v) is 8.17. The number of thiophene rings is 1. The highest BCUT2D eigenvalue weighted by Crippen LogP contribution is 2.33. The molecule has 1 aromatic rings. The summed E-state index contributed by atoms with van der Waals surface area (Å²) in [4.78, 5) is 0.0241. The molecule has 0 aliphatic carbocycles. The highest BCUT2D eigenvalue weighted by Gasteiger charge is 2.20. The lowest BCUT2D eigenvalue weighted by atomic mass is 10.6. The first-order valence-electron chi connectivity index (χ1n) is 5.11. The summed E-state index contributed by atoms with van der Waals surface area (Å²) >= 11 is 12.5. The van der Waals surface area contributed by atoms with Gasteiger partial charge in [0.15, 0.2) is 0 Å². The second kappa shape index (κ2) is 9.36. The van der Waals surface area contributed by atoms with Gasteiger partial charge in [-0.25, -0.2) is 13.1 Å². The predicted octanol–water partition coefficient (Wildman–Crippen LogP) is 1.99. The molecular formula is C9H15Cl3N2O3S2. The Bertz CT molecular complexity index is 479. The van der Waals surface area contributed by atoms with Crippen LogP contribution in [0.15, 0.2) is 11.0 Å². The quantitative estimate of drug-likeness (QED) is 0.688. The molecule has 0 atom stereocenters. The molecule has 5 nitrogen and oxygen atoms in total. The Morgan fingerprint density at radius 2 is 2.00 bits per heavy atom. The van der Waals surface area contributed by atoms with Crippen LogP contribution in [0, 0.1) is 0 Å². The van der Waals surface area contributed by atoms with Gasteiger partial charge in [0.2, 0.25) is 10.0 Å². The van der Waals surface area contributed by atoms with E-state index in [9.17, 15) is 8.42 Å². The molecule has 1 heterocycles. The summed E-state index contributed by atoms with van der Waals surface area (Å²) in [5, 5.41) is 3.02. The van der Waals surface area contributed by atoms with Crippen molar-refractivity contribution in [2.24, 2.45) is 0 Å². The lowest BCUT2D eigenvalue weighted by Gasteiger charge is -2.06. The van der Waals surface area contributed by atoms with E-state index in [2.05, 4.69) is 10.0 Å². The van der Waals surface area contributed by atoms with Gasteiger partial charge in [-0.05, 0) is 6.07 Å². The van der Waals surface area contributed by atoms with Gasteiger partial charge in [0.1, 0.15) is 9.23 Å². The Labute approximate surface area is 133 Å². The van der Waals surface area contributed by atoms with E-state index in [1.165, 1.54) is 6.07 Å². The molecule has 19 heavy (non-hydrogen) atoms. The van der Waals surface area contributed by atoms with Crippen LogP contribution in [0.2, 0.25) is 8.67 Å². The predicted molar refractivity (Wildman–Crippen MR) is 81.5 cm³/mol. The van der Waals surface area contributed by atoms with E-state index in [-0.39, 0.29) is 28.2 Å². The molecule has 1 aromatic heterocycles. The third kappa shape index (κ3) is 6.59. The van der Waals surface area contributed by atoms with Crippen molar-refractivity contribution >= 4 is 57.0 Å². The summed E-state index contributed by atoms with van der Waals surface area (Å²) < 4.78 is 31.5. The SMILES string of the molecule is COCCNCCNS(=O)(=O)c1cc(Cl)sc1Cl.Cl. The number of hydrogen-bond acceptors (Lipinski definition) is 5. The van der Waals surface area contributed by atoms with E-state index in [1.807, 2.05) is 0 Å². The minimum atomic E-state index is -3.59. The van der Waals surface area contributed by atoms with Crippen molar-refractivity contribution in [3.63, 3.8) is 0 Å². The van der Waals surface area contributed by atoms with Crippen molar-refractivity contribution in [3.8, 4) is 0 Å². The Kier molecular flexibility index (Phi) is 9.55. The van der Waals surface area contributed by atoms with Gasteiger partial charge in [-0.1, -0.05) is 23.2 Å². The lowest BCUT2D eigenvalue weighted by Crippen LogP contribution is -2.33. The van der Waals surface area contributed by atoms with Crippen LogP contribution in [-0.4, -0.2) is 41.8 Å². The number of halogens is 3. The average Bonchev–Trinajstić information content (AvgIpc) is 2.63. The topological polar surface area (TPSA) is 67.4 Å². The molecule has 0 saturated carbocycles. The minimum Gasteiger partial charge on any atom is -0.383 e. The summed E-state index contributed by atoms with van der Waals surface area (Å²) in [6, 6.07) is 1.34. The maximum Gasteiger partial charge on any atom is 0.243 e. The smallest absolute Gasteiger partial charge is 0.243 e. The molecule has 2 N–H and O–H groups in total. The molecule has 0 fully saturated rings. The van der Waals surface area contributed by atoms with Crippen molar-refractivity contribution in [1.82, 2.24) is 10.0 Å². The number of sulfonamides is 1. The normalized spacial score (nSPS) is 11.3. The maximum atomic E-state index is 11.9. The third-order valence-corrected chi connectivity index (χ3v) is 5.21. The van der Waals surface area contributed by atoms with Gasteiger partial charge in [-0.2, -0.15) is 0 Å². The highest BCUT2D eigenvalue weighted by atomic mass is 35.5. The second-order valence-electron chi connectivity index (χ2n) is 3.33. The molecule has 1 rings (SSSR count). The van der Waals surface area contributed by atoms with Crippen LogP contribution in [0.25, 0.3) is 0 Å². The maximum absolute atomic E-state index is 11.9. The largest absolute Gasteiger partial charge is 0.383 e. The highest BCUT2D eigenvalue weighted by molar-refractivity contribution is 7.89. The fourth-order valence-corrected chi connectivity index (χ4v) is 4.34. The fourth-order valence-electron chi connectivity index (χ4n) is 1.16. The lowest BCUT2D eigenvalue weighted by molar-refractivity contribution is 0.199. The number of hydrogen-bond donors (Lipinski definition) is 2. The van der Waals surface area contributed by atoms with E-state index in [0.717, 1.165) is 11.3 Å². The third-order valence-electron chi connectivity index (χ3n) is 1.99. The molecule has 0 unspecified atom stereocenters. The molecule has 0 radical (unpaired) electrons. The summed E-state index contributed by atoms with van der Waals surface area (Å²) in [6.45, 7) is 2.04. The Morgan fingerprint density at radius 3 is 2.53 bits per heavy atom. The number of nitrogens with one attached hydrogen (secondary N) is 2. The molecule has 0 aliphatic heterocycles. The molecular weight excluding hydrogens is 355 g/mol. The molecule has 10 heteroatoms. The standard InChI is InChI=1S/C9H14Cl2N2O3S2.ClH/c1-16-5-4-12-2-3-13-18(14,15)7-6-8(10)17-9(7)11;/h6,12-13H,2-5H2,1H3;1H. The van der Waals surface area contributed by atoms with Crippen molar-refractivity contribution in [1.29, 1.82) is 0 Å². The Morgan fingerprint density at radius 1 is 1.32 bits per heavy atom. The molecule has 0 aromatic carbocycles. The van der Waals surface area contributed by atoms with Gasteiger partial charge in [-0.15, -0.1) is 23.7 Å². The number of rotatable bonds is 8. The van der Waals surface area contributed by atoms with E-state index in [1.54, 1.807) is 7.11 Å². The van der Waals surface area contributed by atoms with Gasteiger partial charge >= 0.3 is 0 Å². The van der Waals surface area contributed by atoms with Crippen molar-refractivity contribution in [2.45, 2.75) is 4.90 Å². The summed E-state index contributed by atoms with van der Waals surface area (Å²) in [5.41, 5.74) is 0. The van der Waals surface area contributed by atoms with Crippen LogP contribution < -0.4 is 10.0 Å². The zero-order chi connectivity index (χ0) is 13.6. The second-order valence-corrected chi connectivity index (χ2v) is 7.35. The van der Waals surface area contributed by atoms with Crippen LogP contribution in [0.1, 0.15) is 0 Å². The van der Waals surface area contributed by atoms with Crippen molar-refractivity contribution in [2.75, 3.05) is 33.4 Å². The van der Waals surface area contributed by atoms with Crippen molar-refractivity contribution in [3.05, 3.63) is 14.7 Å². The van der Waals surface area contributed by atoms with Crippen molar-refractivity contribution < 1.29 is 13.2 Å². The van der Waals surface area contributed by atoms with Gasteiger partial charge in [-0.3, -0.25) is 0 Å². The summed E-state index contributed by atoms with van der Waals surface area (Å²) in [6.07, 6.45) is 0. The van der Waals surface area contributed by atoms with Gasteiger partial charge < -0.3 is 10.1 Å². The van der Waals surface area contributed by atoms with Gasteiger partial charge in [0, 0.05) is 26.7 Å². The van der Waals surface area contributed by atoms with Gasteiger partial charge in [0.25, 0.3) is 0 Å². The Hall–Kier alpha value is 0.400. The van der Waals surface area contributed by atoms with E-state index in [0.29, 0.717) is 24.0 Å². The average molecular weight is 370 g/mol. The molecule has 112 valence electrons. The monoisotopic (exact) mass is 368 g/mol. The van der Waals surface area contributed by atoms with Crippen LogP contribution in [0.3, 0.4) is 0 Å². The van der Waals surface area contributed by atoms with Crippen LogP contribution in [0.4, 0.5) is 0 Å². The summed E-state index contributed by atoms with van der Waals surface area (Å²) in [5.74, 6) is 0. The molecule has 0 amide bonds. The molecule has 0 saturated heterocycles. The van der Waals surface area contributed by atoms with Crippen LogP contribution >= 0.6 is 46.9 Å². The van der Waals surface area contributed by atoms with E-state index < -0.39 is 10.0 Å². The zero-order valence-electron chi connectivity index (χ0n) is 10.1. The minimum absolute atomic E-state index is 0. The number of ether oxygens (including phenoxy) is 1. The molecule has 0 bridgehead atoms. The number of methoxy groups -OCH3 is 1. The molecule has 0 spiro atoms. The zero-order valence-corrected chi connectivity index (χ0v) is 14.1. The fraction of sp³-hybridized carbons (Fsp3) is 0.556. The van der Waals surface area contributed by atoms with Gasteiger partial charge in [0.05, 0.1) is 10.9 Å². The first-order chi connectivity index (χ1) is 8.47. The van der Waals surface area contributed by atoms with Crippen LogP contribution in [-0.2, 0) is 14.8 Å². The Balaban J connectivity index is 0.00000324. The summed E-state index contributed by atoms with van der Waals surface area (Å²) in [7, 11) is -1.99. The first kappa shape index (κ1) is 19.4. The molecule has 0 aliphatic rings. The van der Waals surface area contributed by atoms with E-state index >= 15 is 0 Å².